The van der Waals surface area contributed by atoms with Crippen molar-refractivity contribution in [1.82, 2.24) is 5.32 Å². The van der Waals surface area contributed by atoms with Crippen LogP contribution in [0.1, 0.15) is 20.3 Å². The van der Waals surface area contributed by atoms with Gasteiger partial charge in [-0.15, -0.1) is 0 Å². The third kappa shape index (κ3) is 8.15. The van der Waals surface area contributed by atoms with Crippen molar-refractivity contribution in [2.75, 3.05) is 24.7 Å². The Morgan fingerprint density at radius 1 is 1.35 bits per heavy atom. The molecular formula is C15H24BrNO2S. The van der Waals surface area contributed by atoms with Gasteiger partial charge in [0.1, 0.15) is 18.5 Å². The third-order valence-electron chi connectivity index (χ3n) is 2.86. The number of aliphatic hydroxyl groups excluding tert-OH is 1. The molecule has 1 aromatic carbocycles. The van der Waals surface area contributed by atoms with Crippen LogP contribution in [-0.4, -0.2) is 41.9 Å². The SMILES string of the molecule is CCSCCC(C)NCC(O)COc1ccc(Br)cc1. The van der Waals surface area contributed by atoms with E-state index in [9.17, 15) is 5.11 Å². The Balaban J connectivity index is 2.13. The summed E-state index contributed by atoms with van der Waals surface area (Å²) >= 11 is 5.32. The average Bonchev–Trinajstić information content (AvgIpc) is 2.45. The number of rotatable bonds is 10. The number of aliphatic hydroxyl groups is 1. The van der Waals surface area contributed by atoms with Crippen molar-refractivity contribution < 1.29 is 9.84 Å². The standard InChI is InChI=1S/C15H24BrNO2S/c1-3-20-9-8-12(2)17-10-14(18)11-19-15-6-4-13(16)5-7-15/h4-7,12,14,17-18H,3,8-11H2,1-2H3. The molecular weight excluding hydrogens is 338 g/mol. The monoisotopic (exact) mass is 361 g/mol. The first kappa shape index (κ1) is 17.8. The van der Waals surface area contributed by atoms with Crippen molar-refractivity contribution in [2.24, 2.45) is 0 Å². The van der Waals surface area contributed by atoms with Crippen LogP contribution in [0.25, 0.3) is 0 Å². The summed E-state index contributed by atoms with van der Waals surface area (Å²) in [6.07, 6.45) is 0.638. The van der Waals surface area contributed by atoms with Gasteiger partial charge < -0.3 is 15.2 Å². The number of ether oxygens (including phenoxy) is 1. The van der Waals surface area contributed by atoms with E-state index in [0.717, 1.165) is 28.1 Å². The highest BCUT2D eigenvalue weighted by atomic mass is 79.9. The number of hydrogen-bond donors (Lipinski definition) is 2. The Bertz CT molecular complexity index is 361. The molecule has 20 heavy (non-hydrogen) atoms. The van der Waals surface area contributed by atoms with Gasteiger partial charge in [0.05, 0.1) is 0 Å². The minimum Gasteiger partial charge on any atom is -0.491 e. The summed E-state index contributed by atoms with van der Waals surface area (Å²) in [6, 6.07) is 8.04. The third-order valence-corrected chi connectivity index (χ3v) is 4.32. The molecule has 5 heteroatoms. The minimum absolute atomic E-state index is 0.311. The van der Waals surface area contributed by atoms with E-state index in [-0.39, 0.29) is 0 Å². The normalized spacial score (nSPS) is 14.0. The van der Waals surface area contributed by atoms with Gasteiger partial charge in [-0.1, -0.05) is 22.9 Å². The van der Waals surface area contributed by atoms with E-state index in [0.29, 0.717) is 19.2 Å². The highest BCUT2D eigenvalue weighted by Gasteiger charge is 2.08. The number of thioether (sulfide) groups is 1. The number of benzene rings is 1. The second kappa shape index (κ2) is 10.5. The van der Waals surface area contributed by atoms with Crippen molar-refractivity contribution in [3.8, 4) is 5.75 Å². The zero-order valence-corrected chi connectivity index (χ0v) is 14.5. The number of nitrogens with one attached hydrogen (secondary N) is 1. The Kier molecular flexibility index (Phi) is 9.35. The topological polar surface area (TPSA) is 41.5 Å². The molecule has 114 valence electrons. The highest BCUT2D eigenvalue weighted by molar-refractivity contribution is 9.10. The lowest BCUT2D eigenvalue weighted by atomic mass is 10.2. The van der Waals surface area contributed by atoms with Gasteiger partial charge in [-0.3, -0.25) is 0 Å². The summed E-state index contributed by atoms with van der Waals surface area (Å²) in [5, 5.41) is 13.2. The van der Waals surface area contributed by atoms with Crippen LogP contribution in [0.5, 0.6) is 5.75 Å². The Morgan fingerprint density at radius 3 is 2.70 bits per heavy atom. The molecule has 1 rings (SSSR count). The second-order valence-corrected chi connectivity index (χ2v) is 7.02. The lowest BCUT2D eigenvalue weighted by molar-refractivity contribution is 0.104. The molecule has 0 aliphatic carbocycles. The van der Waals surface area contributed by atoms with Gasteiger partial charge in [-0.05, 0) is 49.1 Å². The predicted molar refractivity (Wildman–Crippen MR) is 90.7 cm³/mol. The Morgan fingerprint density at radius 2 is 2.05 bits per heavy atom. The lowest BCUT2D eigenvalue weighted by Gasteiger charge is -2.17. The van der Waals surface area contributed by atoms with Crippen LogP contribution in [0.2, 0.25) is 0 Å². The average molecular weight is 362 g/mol. The van der Waals surface area contributed by atoms with Crippen molar-refractivity contribution in [3.63, 3.8) is 0 Å². The van der Waals surface area contributed by atoms with Crippen LogP contribution in [0.4, 0.5) is 0 Å². The maximum Gasteiger partial charge on any atom is 0.119 e. The fourth-order valence-electron chi connectivity index (χ4n) is 1.63. The van der Waals surface area contributed by atoms with Gasteiger partial charge in [0, 0.05) is 17.1 Å². The maximum atomic E-state index is 9.88. The summed E-state index contributed by atoms with van der Waals surface area (Å²) in [5.74, 6) is 3.10. The fraction of sp³-hybridized carbons (Fsp3) is 0.600. The molecule has 0 bridgehead atoms. The number of halogens is 1. The Labute approximate surface area is 134 Å². The maximum absolute atomic E-state index is 9.88. The van der Waals surface area contributed by atoms with E-state index in [4.69, 9.17) is 4.74 Å². The number of hydrogen-bond acceptors (Lipinski definition) is 4. The zero-order chi connectivity index (χ0) is 14.8. The summed E-state index contributed by atoms with van der Waals surface area (Å²) in [4.78, 5) is 0. The van der Waals surface area contributed by atoms with Crippen LogP contribution >= 0.6 is 27.7 Å². The molecule has 1 aromatic rings. The molecule has 3 nitrogen and oxygen atoms in total. The molecule has 0 aromatic heterocycles. The molecule has 0 aliphatic rings. The summed E-state index contributed by atoms with van der Waals surface area (Å²) in [7, 11) is 0. The molecule has 0 saturated heterocycles. The molecule has 0 radical (unpaired) electrons. The van der Waals surface area contributed by atoms with Gasteiger partial charge in [-0.25, -0.2) is 0 Å². The molecule has 2 atom stereocenters. The van der Waals surface area contributed by atoms with Crippen molar-refractivity contribution in [1.29, 1.82) is 0 Å². The fourth-order valence-corrected chi connectivity index (χ4v) is 2.70. The van der Waals surface area contributed by atoms with Gasteiger partial charge in [-0.2, -0.15) is 11.8 Å². The van der Waals surface area contributed by atoms with Crippen molar-refractivity contribution in [2.45, 2.75) is 32.4 Å². The van der Waals surface area contributed by atoms with E-state index < -0.39 is 6.10 Å². The van der Waals surface area contributed by atoms with E-state index in [1.165, 1.54) is 0 Å². The second-order valence-electron chi connectivity index (χ2n) is 4.71. The summed E-state index contributed by atoms with van der Waals surface area (Å²) in [5.41, 5.74) is 0. The lowest BCUT2D eigenvalue weighted by Crippen LogP contribution is -2.36. The summed E-state index contributed by atoms with van der Waals surface area (Å²) in [6.45, 7) is 5.20. The van der Waals surface area contributed by atoms with E-state index in [2.05, 4.69) is 35.1 Å². The van der Waals surface area contributed by atoms with Crippen LogP contribution in [0.15, 0.2) is 28.7 Å². The zero-order valence-electron chi connectivity index (χ0n) is 12.1. The van der Waals surface area contributed by atoms with E-state index in [1.54, 1.807) is 0 Å². The molecule has 0 aliphatic heterocycles. The smallest absolute Gasteiger partial charge is 0.119 e. The van der Waals surface area contributed by atoms with Crippen LogP contribution in [-0.2, 0) is 0 Å². The first-order valence-corrected chi connectivity index (χ1v) is 8.94. The van der Waals surface area contributed by atoms with Gasteiger partial charge in [0.15, 0.2) is 0 Å². The molecule has 0 spiro atoms. The Hall–Kier alpha value is -0.230. The first-order chi connectivity index (χ1) is 9.61. The predicted octanol–water partition coefficient (Wildman–Crippen LogP) is 3.31. The molecule has 0 amide bonds. The summed E-state index contributed by atoms with van der Waals surface area (Å²) < 4.78 is 6.56. The van der Waals surface area contributed by atoms with Crippen molar-refractivity contribution >= 4 is 27.7 Å². The van der Waals surface area contributed by atoms with Gasteiger partial charge >= 0.3 is 0 Å². The first-order valence-electron chi connectivity index (χ1n) is 6.99. The quantitative estimate of drug-likeness (QED) is 0.627. The van der Waals surface area contributed by atoms with E-state index >= 15 is 0 Å². The van der Waals surface area contributed by atoms with Crippen molar-refractivity contribution in [3.05, 3.63) is 28.7 Å². The van der Waals surface area contributed by atoms with Gasteiger partial charge in [0.2, 0.25) is 0 Å². The largest absolute Gasteiger partial charge is 0.491 e. The molecule has 0 saturated carbocycles. The van der Waals surface area contributed by atoms with Gasteiger partial charge in [0.25, 0.3) is 0 Å². The van der Waals surface area contributed by atoms with Crippen LogP contribution in [0, 0.1) is 0 Å². The molecule has 0 heterocycles. The minimum atomic E-state index is -0.486. The van der Waals surface area contributed by atoms with Crippen LogP contribution < -0.4 is 10.1 Å². The molecule has 2 unspecified atom stereocenters. The highest BCUT2D eigenvalue weighted by Crippen LogP contribution is 2.16. The molecule has 0 fully saturated rings. The van der Waals surface area contributed by atoms with Crippen LogP contribution in [0.3, 0.4) is 0 Å². The molecule has 2 N–H and O–H groups in total. The van der Waals surface area contributed by atoms with E-state index in [1.807, 2.05) is 36.0 Å².